The number of rotatable bonds is 7. The van der Waals surface area contributed by atoms with Gasteiger partial charge in [-0.15, -0.1) is 5.10 Å². The van der Waals surface area contributed by atoms with Crippen LogP contribution in [0.4, 0.5) is 19.1 Å². The predicted molar refractivity (Wildman–Crippen MR) is 116 cm³/mol. The SMILES string of the molecule is N#Cc1cccc(-c2cc(-c3cn(Cc4cccc(C(F)(F)F)n4)nn3)nc(NCC(=O)O)n2)c1. The highest BCUT2D eigenvalue weighted by Gasteiger charge is 2.32. The van der Waals surface area contributed by atoms with Crippen LogP contribution in [-0.2, 0) is 17.5 Å². The zero-order valence-corrected chi connectivity index (χ0v) is 17.7. The van der Waals surface area contributed by atoms with E-state index < -0.39 is 24.4 Å². The number of nitriles is 1. The second kappa shape index (κ2) is 9.56. The zero-order valence-electron chi connectivity index (χ0n) is 17.7. The standard InChI is InChI=1S/C22H15F3N8O2/c23-22(24,25)19-6-2-5-15(28-19)11-33-12-18(31-32-33)17-8-16(14-4-1-3-13(7-14)9-26)29-21(30-17)27-10-20(34)35/h1-8,12H,10-11H2,(H,34,35)(H,27,29,30). The van der Waals surface area contributed by atoms with Crippen LogP contribution in [0.25, 0.3) is 22.6 Å². The second-order valence-electron chi connectivity index (χ2n) is 7.22. The molecule has 1 aromatic carbocycles. The molecule has 0 aliphatic heterocycles. The van der Waals surface area contributed by atoms with Crippen molar-refractivity contribution in [2.75, 3.05) is 11.9 Å². The Kier molecular flexibility index (Phi) is 6.36. The van der Waals surface area contributed by atoms with Gasteiger partial charge in [-0.25, -0.2) is 19.6 Å². The monoisotopic (exact) mass is 480 g/mol. The highest BCUT2D eigenvalue weighted by molar-refractivity contribution is 5.73. The van der Waals surface area contributed by atoms with Gasteiger partial charge in [0.2, 0.25) is 5.95 Å². The van der Waals surface area contributed by atoms with E-state index in [2.05, 4.69) is 30.6 Å². The summed E-state index contributed by atoms with van der Waals surface area (Å²) in [6.07, 6.45) is -3.09. The fraction of sp³-hybridized carbons (Fsp3) is 0.136. The molecule has 0 radical (unpaired) electrons. The van der Waals surface area contributed by atoms with Crippen molar-refractivity contribution in [1.29, 1.82) is 5.26 Å². The third-order valence-electron chi connectivity index (χ3n) is 4.63. The summed E-state index contributed by atoms with van der Waals surface area (Å²) in [6, 6.07) is 13.8. The van der Waals surface area contributed by atoms with E-state index >= 15 is 0 Å². The molecular formula is C22H15F3N8O2. The van der Waals surface area contributed by atoms with Crippen LogP contribution in [-0.4, -0.2) is 47.6 Å². The number of halogens is 3. The Morgan fingerprint density at radius 2 is 1.83 bits per heavy atom. The molecular weight excluding hydrogens is 465 g/mol. The van der Waals surface area contributed by atoms with Crippen molar-refractivity contribution in [3.63, 3.8) is 0 Å². The summed E-state index contributed by atoms with van der Waals surface area (Å²) in [6.45, 7) is -0.502. The molecule has 0 atom stereocenters. The number of hydrogen-bond acceptors (Lipinski definition) is 8. The van der Waals surface area contributed by atoms with Crippen LogP contribution in [0.5, 0.6) is 0 Å². The molecule has 0 saturated heterocycles. The molecule has 0 spiro atoms. The van der Waals surface area contributed by atoms with E-state index in [4.69, 9.17) is 5.11 Å². The summed E-state index contributed by atoms with van der Waals surface area (Å²) < 4.78 is 40.1. The summed E-state index contributed by atoms with van der Waals surface area (Å²) in [5.41, 5.74) is 1.08. The Balaban J connectivity index is 1.67. The molecule has 10 nitrogen and oxygen atoms in total. The van der Waals surface area contributed by atoms with E-state index in [0.717, 1.165) is 6.07 Å². The van der Waals surface area contributed by atoms with E-state index in [1.54, 1.807) is 30.3 Å². The number of aromatic nitrogens is 6. The molecule has 0 saturated carbocycles. The summed E-state index contributed by atoms with van der Waals surface area (Å²) in [4.78, 5) is 23.2. The number of aliphatic carboxylic acids is 1. The van der Waals surface area contributed by atoms with Crippen LogP contribution >= 0.6 is 0 Å². The van der Waals surface area contributed by atoms with E-state index in [-0.39, 0.29) is 29.6 Å². The number of carboxylic acid groups (broad SMARTS) is 1. The summed E-state index contributed by atoms with van der Waals surface area (Å²) >= 11 is 0. The molecule has 4 aromatic rings. The summed E-state index contributed by atoms with van der Waals surface area (Å²) in [7, 11) is 0. The van der Waals surface area contributed by atoms with Gasteiger partial charge in [0, 0.05) is 5.56 Å². The van der Waals surface area contributed by atoms with Gasteiger partial charge in [-0.05, 0) is 30.3 Å². The van der Waals surface area contributed by atoms with E-state index in [1.165, 1.54) is 23.0 Å². The summed E-state index contributed by atoms with van der Waals surface area (Å²) in [5.74, 6) is -1.11. The number of anilines is 1. The Bertz CT molecular complexity index is 1430. The maximum Gasteiger partial charge on any atom is 0.433 e. The first-order valence-corrected chi connectivity index (χ1v) is 10.0. The highest BCUT2D eigenvalue weighted by Crippen LogP contribution is 2.28. The maximum absolute atomic E-state index is 12.9. The number of nitrogens with one attached hydrogen (secondary N) is 1. The lowest BCUT2D eigenvalue weighted by atomic mass is 10.1. The molecule has 2 N–H and O–H groups in total. The van der Waals surface area contributed by atoms with Gasteiger partial charge in [-0.2, -0.15) is 18.4 Å². The number of hydrogen-bond donors (Lipinski definition) is 2. The molecule has 176 valence electrons. The minimum Gasteiger partial charge on any atom is -0.480 e. The number of benzene rings is 1. The molecule has 35 heavy (non-hydrogen) atoms. The van der Waals surface area contributed by atoms with Crippen molar-refractivity contribution in [1.82, 2.24) is 29.9 Å². The van der Waals surface area contributed by atoms with Crippen molar-refractivity contribution in [2.24, 2.45) is 0 Å². The average molecular weight is 480 g/mol. The van der Waals surface area contributed by atoms with Crippen LogP contribution < -0.4 is 5.32 Å². The maximum atomic E-state index is 12.9. The molecule has 0 bridgehead atoms. The smallest absolute Gasteiger partial charge is 0.433 e. The third-order valence-corrected chi connectivity index (χ3v) is 4.63. The van der Waals surface area contributed by atoms with Gasteiger partial charge in [-0.3, -0.25) is 4.79 Å². The molecule has 4 rings (SSSR count). The largest absolute Gasteiger partial charge is 0.480 e. The fourth-order valence-electron chi connectivity index (χ4n) is 3.09. The average Bonchev–Trinajstić information content (AvgIpc) is 3.31. The molecule has 0 unspecified atom stereocenters. The zero-order chi connectivity index (χ0) is 25.0. The Hall–Kier alpha value is -4.86. The molecule has 3 heterocycles. The first kappa shape index (κ1) is 23.3. The molecule has 0 aliphatic carbocycles. The van der Waals surface area contributed by atoms with E-state index in [1.807, 2.05) is 6.07 Å². The van der Waals surface area contributed by atoms with Crippen LogP contribution in [0, 0.1) is 11.3 Å². The Labute approximate surface area is 195 Å². The van der Waals surface area contributed by atoms with Crippen LogP contribution in [0.1, 0.15) is 17.0 Å². The van der Waals surface area contributed by atoms with Gasteiger partial charge in [-0.1, -0.05) is 23.4 Å². The van der Waals surface area contributed by atoms with Gasteiger partial charge >= 0.3 is 12.1 Å². The highest BCUT2D eigenvalue weighted by atomic mass is 19.4. The first-order valence-electron chi connectivity index (χ1n) is 10.0. The number of pyridine rings is 1. The molecule has 0 aliphatic rings. The topological polar surface area (TPSA) is 142 Å². The minimum atomic E-state index is -4.57. The fourth-order valence-corrected chi connectivity index (χ4v) is 3.09. The lowest BCUT2D eigenvalue weighted by molar-refractivity contribution is -0.141. The van der Waals surface area contributed by atoms with Crippen molar-refractivity contribution < 1.29 is 23.1 Å². The van der Waals surface area contributed by atoms with Crippen LogP contribution in [0.3, 0.4) is 0 Å². The molecule has 13 heteroatoms. The van der Waals surface area contributed by atoms with Crippen LogP contribution in [0.2, 0.25) is 0 Å². The normalized spacial score (nSPS) is 11.1. The van der Waals surface area contributed by atoms with E-state index in [0.29, 0.717) is 16.8 Å². The van der Waals surface area contributed by atoms with Gasteiger partial charge in [0.1, 0.15) is 17.9 Å². The lowest BCUT2D eigenvalue weighted by Gasteiger charge is -2.08. The number of alkyl halides is 3. The second-order valence-corrected chi connectivity index (χ2v) is 7.22. The predicted octanol–water partition coefficient (Wildman–Crippen LogP) is 3.23. The number of carbonyl (C=O) groups is 1. The third kappa shape index (κ3) is 5.74. The van der Waals surface area contributed by atoms with Gasteiger partial charge in [0.15, 0.2) is 0 Å². The van der Waals surface area contributed by atoms with Crippen molar-refractivity contribution in [3.05, 3.63) is 71.7 Å². The van der Waals surface area contributed by atoms with Crippen molar-refractivity contribution in [2.45, 2.75) is 12.7 Å². The van der Waals surface area contributed by atoms with Crippen molar-refractivity contribution in [3.8, 4) is 28.7 Å². The molecule has 0 fully saturated rings. The lowest BCUT2D eigenvalue weighted by Crippen LogP contribution is -2.14. The van der Waals surface area contributed by atoms with Gasteiger partial charge in [0.05, 0.1) is 41.5 Å². The van der Waals surface area contributed by atoms with Gasteiger partial charge < -0.3 is 10.4 Å². The summed E-state index contributed by atoms with van der Waals surface area (Å²) in [5, 5.41) is 28.7. The van der Waals surface area contributed by atoms with Gasteiger partial charge in [0.25, 0.3) is 0 Å². The Morgan fingerprint density at radius 3 is 2.57 bits per heavy atom. The van der Waals surface area contributed by atoms with Crippen molar-refractivity contribution >= 4 is 11.9 Å². The van der Waals surface area contributed by atoms with E-state index in [9.17, 15) is 23.2 Å². The molecule has 3 aromatic heterocycles. The Morgan fingerprint density at radius 1 is 1.06 bits per heavy atom. The number of nitrogens with zero attached hydrogens (tertiary/aromatic N) is 7. The minimum absolute atomic E-state index is 0.0105. The van der Waals surface area contributed by atoms with Crippen LogP contribution in [0.15, 0.2) is 54.7 Å². The molecule has 0 amide bonds. The quantitative estimate of drug-likeness (QED) is 0.407. The first-order chi connectivity index (χ1) is 16.7. The number of carboxylic acids is 1.